The van der Waals surface area contributed by atoms with Gasteiger partial charge in [0.15, 0.2) is 5.16 Å². The zero-order chi connectivity index (χ0) is 22.0. The lowest BCUT2D eigenvalue weighted by atomic mass is 10.1. The Labute approximate surface area is 197 Å². The second-order valence-corrected chi connectivity index (χ2v) is 9.44. The van der Waals surface area contributed by atoms with Gasteiger partial charge in [-0.05, 0) is 35.4 Å². The van der Waals surface area contributed by atoms with E-state index in [1.54, 1.807) is 17.7 Å². The molecule has 0 unspecified atom stereocenters. The summed E-state index contributed by atoms with van der Waals surface area (Å²) in [7, 11) is 0. The summed E-state index contributed by atoms with van der Waals surface area (Å²) in [6.45, 7) is 2.10. The van der Waals surface area contributed by atoms with Crippen LogP contribution in [0.3, 0.4) is 0 Å². The molecule has 7 heteroatoms. The average Bonchev–Trinajstić information content (AvgIpc) is 3.52. The lowest BCUT2D eigenvalue weighted by Crippen LogP contribution is -2.34. The molecule has 4 aromatic rings. The number of hydrogen-bond donors (Lipinski definition) is 0. The number of benzene rings is 2. The van der Waals surface area contributed by atoms with Gasteiger partial charge in [0.25, 0.3) is 0 Å². The zero-order valence-electron chi connectivity index (χ0n) is 17.8. The Kier molecular flexibility index (Phi) is 8.11. The summed E-state index contributed by atoms with van der Waals surface area (Å²) in [6, 6.07) is 24.7. The van der Waals surface area contributed by atoms with Crippen LogP contribution in [0.25, 0.3) is 0 Å². The molecule has 0 aliphatic heterocycles. The van der Waals surface area contributed by atoms with Crippen LogP contribution < -0.4 is 0 Å². The van der Waals surface area contributed by atoms with Gasteiger partial charge in [0.2, 0.25) is 5.91 Å². The number of nitrogens with zero attached hydrogens (tertiary/aromatic N) is 4. The Morgan fingerprint density at radius 3 is 2.41 bits per heavy atom. The fourth-order valence-electron chi connectivity index (χ4n) is 3.42. The van der Waals surface area contributed by atoms with Crippen LogP contribution in [0.2, 0.25) is 0 Å². The first kappa shape index (κ1) is 22.3. The van der Waals surface area contributed by atoms with E-state index in [1.165, 1.54) is 22.2 Å². The van der Waals surface area contributed by atoms with E-state index in [0.29, 0.717) is 18.8 Å². The highest BCUT2D eigenvalue weighted by Gasteiger charge is 2.16. The van der Waals surface area contributed by atoms with Crippen LogP contribution in [0.4, 0.5) is 0 Å². The summed E-state index contributed by atoms with van der Waals surface area (Å²) in [6.07, 6.45) is 3.52. The Bertz CT molecular complexity index is 1080. The summed E-state index contributed by atoms with van der Waals surface area (Å²) in [5, 5.41) is 11.2. The molecule has 0 radical (unpaired) electrons. The number of aromatic nitrogens is 3. The molecular formula is C25H26N4OS2. The van der Waals surface area contributed by atoms with Crippen molar-refractivity contribution >= 4 is 29.0 Å². The van der Waals surface area contributed by atoms with E-state index >= 15 is 0 Å². The second-order valence-electron chi connectivity index (χ2n) is 7.46. The highest BCUT2D eigenvalue weighted by Crippen LogP contribution is 2.18. The van der Waals surface area contributed by atoms with Crippen LogP contribution in [0.1, 0.15) is 16.0 Å². The largest absolute Gasteiger partial charge is 0.337 e. The molecule has 32 heavy (non-hydrogen) atoms. The highest BCUT2D eigenvalue weighted by atomic mass is 32.2. The van der Waals surface area contributed by atoms with Gasteiger partial charge in [-0.15, -0.1) is 21.5 Å². The van der Waals surface area contributed by atoms with E-state index in [2.05, 4.69) is 52.0 Å². The van der Waals surface area contributed by atoms with E-state index in [0.717, 1.165) is 30.1 Å². The number of hydrogen-bond acceptors (Lipinski definition) is 5. The number of thioether (sulfide) groups is 1. The van der Waals surface area contributed by atoms with E-state index in [9.17, 15) is 4.79 Å². The molecule has 0 N–H and O–H groups in total. The van der Waals surface area contributed by atoms with Crippen molar-refractivity contribution in [1.29, 1.82) is 0 Å². The second kappa shape index (κ2) is 11.6. The standard InChI is InChI=1S/C25H26N4OS2/c30-24(19-32-25-27-26-20-29(25)16-14-23-12-7-17-31-23)28(18-22-10-5-2-6-11-22)15-13-21-8-3-1-4-9-21/h1-12,17,20H,13-16,18-19H2. The first-order chi connectivity index (χ1) is 15.8. The number of rotatable bonds is 11. The Morgan fingerprint density at radius 2 is 1.69 bits per heavy atom. The maximum Gasteiger partial charge on any atom is 0.233 e. The third kappa shape index (κ3) is 6.55. The summed E-state index contributed by atoms with van der Waals surface area (Å²) in [5.41, 5.74) is 2.37. The van der Waals surface area contributed by atoms with Gasteiger partial charge >= 0.3 is 0 Å². The van der Waals surface area contributed by atoms with Gasteiger partial charge < -0.3 is 9.47 Å². The van der Waals surface area contributed by atoms with Crippen molar-refractivity contribution in [3.8, 4) is 0 Å². The van der Waals surface area contributed by atoms with Crippen molar-refractivity contribution in [2.45, 2.75) is 31.1 Å². The Morgan fingerprint density at radius 1 is 0.938 bits per heavy atom. The molecule has 0 fully saturated rings. The quantitative estimate of drug-likeness (QED) is 0.296. The van der Waals surface area contributed by atoms with Gasteiger partial charge in [-0.1, -0.05) is 78.5 Å². The molecular weight excluding hydrogens is 436 g/mol. The number of aryl methyl sites for hydroxylation is 2. The minimum atomic E-state index is 0.114. The molecule has 0 bridgehead atoms. The van der Waals surface area contributed by atoms with Crippen LogP contribution in [0.5, 0.6) is 0 Å². The predicted molar refractivity (Wildman–Crippen MR) is 131 cm³/mol. The normalized spacial score (nSPS) is 10.9. The third-order valence-corrected chi connectivity index (χ3v) is 7.07. The van der Waals surface area contributed by atoms with E-state index in [4.69, 9.17) is 0 Å². The molecule has 2 aromatic carbocycles. The van der Waals surface area contributed by atoms with Gasteiger partial charge in [0.1, 0.15) is 6.33 Å². The molecule has 0 aliphatic rings. The topological polar surface area (TPSA) is 51.0 Å². The predicted octanol–water partition coefficient (Wildman–Crippen LogP) is 4.95. The van der Waals surface area contributed by atoms with Crippen molar-refractivity contribution in [1.82, 2.24) is 19.7 Å². The lowest BCUT2D eigenvalue weighted by Gasteiger charge is -2.23. The number of amides is 1. The molecule has 2 aromatic heterocycles. The average molecular weight is 463 g/mol. The molecule has 164 valence electrons. The molecule has 0 saturated heterocycles. The number of carbonyl (C=O) groups is 1. The number of thiophene rings is 1. The van der Waals surface area contributed by atoms with Crippen molar-refractivity contribution in [3.63, 3.8) is 0 Å². The summed E-state index contributed by atoms with van der Waals surface area (Å²) >= 11 is 3.22. The van der Waals surface area contributed by atoms with Crippen molar-refractivity contribution in [2.75, 3.05) is 12.3 Å². The Balaban J connectivity index is 1.37. The molecule has 0 spiro atoms. The van der Waals surface area contributed by atoms with Gasteiger partial charge in [0, 0.05) is 24.5 Å². The molecule has 0 atom stereocenters. The van der Waals surface area contributed by atoms with E-state index < -0.39 is 0 Å². The third-order valence-electron chi connectivity index (χ3n) is 5.17. The van der Waals surface area contributed by atoms with E-state index in [-0.39, 0.29) is 5.91 Å². The van der Waals surface area contributed by atoms with Crippen LogP contribution >= 0.6 is 23.1 Å². The fourth-order valence-corrected chi connectivity index (χ4v) is 4.96. The zero-order valence-corrected chi connectivity index (χ0v) is 19.5. The molecule has 0 saturated carbocycles. The van der Waals surface area contributed by atoms with Crippen molar-refractivity contribution in [2.24, 2.45) is 0 Å². The van der Waals surface area contributed by atoms with Gasteiger partial charge in [0.05, 0.1) is 5.75 Å². The maximum atomic E-state index is 13.2. The van der Waals surface area contributed by atoms with Crippen LogP contribution in [-0.2, 0) is 30.7 Å². The monoisotopic (exact) mass is 462 g/mol. The Hall–Kier alpha value is -2.90. The molecule has 4 rings (SSSR count). The van der Waals surface area contributed by atoms with Crippen LogP contribution in [0.15, 0.2) is 89.7 Å². The SMILES string of the molecule is O=C(CSc1nncn1CCc1cccs1)N(CCc1ccccc1)Cc1ccccc1. The number of carbonyl (C=O) groups excluding carboxylic acids is 1. The lowest BCUT2D eigenvalue weighted by molar-refractivity contribution is -0.128. The summed E-state index contributed by atoms with van der Waals surface area (Å²) in [5.74, 6) is 0.460. The fraction of sp³-hybridized carbons (Fsp3) is 0.240. The van der Waals surface area contributed by atoms with Gasteiger partial charge in [-0.25, -0.2) is 0 Å². The molecule has 1 amide bonds. The van der Waals surface area contributed by atoms with Gasteiger partial charge in [-0.3, -0.25) is 4.79 Å². The van der Waals surface area contributed by atoms with Gasteiger partial charge in [-0.2, -0.15) is 0 Å². The molecule has 5 nitrogen and oxygen atoms in total. The smallest absolute Gasteiger partial charge is 0.233 e. The van der Waals surface area contributed by atoms with Crippen molar-refractivity contribution < 1.29 is 4.79 Å². The minimum Gasteiger partial charge on any atom is -0.337 e. The first-order valence-electron chi connectivity index (χ1n) is 10.7. The van der Waals surface area contributed by atoms with E-state index in [1.807, 2.05) is 45.9 Å². The molecule has 2 heterocycles. The van der Waals surface area contributed by atoms with Crippen LogP contribution in [-0.4, -0.2) is 37.9 Å². The summed E-state index contributed by atoms with van der Waals surface area (Å²) < 4.78 is 2.03. The van der Waals surface area contributed by atoms with Crippen molar-refractivity contribution in [3.05, 3.63) is 101 Å². The minimum absolute atomic E-state index is 0.114. The first-order valence-corrected chi connectivity index (χ1v) is 12.5. The summed E-state index contributed by atoms with van der Waals surface area (Å²) in [4.78, 5) is 16.4. The van der Waals surface area contributed by atoms with Crippen LogP contribution in [0, 0.1) is 0 Å². The molecule has 0 aliphatic carbocycles. The maximum absolute atomic E-state index is 13.2. The highest BCUT2D eigenvalue weighted by molar-refractivity contribution is 7.99.